The fraction of sp³-hybridized carbons (Fsp3) is 0.231. The van der Waals surface area contributed by atoms with E-state index in [4.69, 9.17) is 5.73 Å². The number of hydrogen-bond acceptors (Lipinski definition) is 4. The number of thiazole rings is 1. The first kappa shape index (κ1) is 13.5. The molecule has 0 atom stereocenters. The molecule has 2 aromatic rings. The molecule has 0 aliphatic heterocycles. The molecule has 0 spiro atoms. The van der Waals surface area contributed by atoms with E-state index in [-0.39, 0.29) is 11.6 Å². The Labute approximate surface area is 114 Å². The molecule has 0 unspecified atom stereocenters. The van der Waals surface area contributed by atoms with Crippen LogP contribution in [-0.2, 0) is 6.54 Å². The number of hydrogen-bond donors (Lipinski definition) is 1. The zero-order valence-electron chi connectivity index (χ0n) is 10.7. The zero-order chi connectivity index (χ0) is 14.0. The fourth-order valence-corrected chi connectivity index (χ4v) is 2.33. The van der Waals surface area contributed by atoms with Gasteiger partial charge in [0.15, 0.2) is 0 Å². The van der Waals surface area contributed by atoms with Crippen LogP contribution >= 0.6 is 11.3 Å². The minimum absolute atomic E-state index is 0.145. The number of nitrogens with two attached hydrogens (primary N) is 1. The number of aryl methyl sites for hydroxylation is 1. The van der Waals surface area contributed by atoms with Gasteiger partial charge in [0.2, 0.25) is 0 Å². The highest BCUT2D eigenvalue weighted by atomic mass is 32.1. The summed E-state index contributed by atoms with van der Waals surface area (Å²) in [5, 5.41) is 2.87. The normalized spacial score (nSPS) is 10.5. The average molecular weight is 279 g/mol. The van der Waals surface area contributed by atoms with E-state index in [9.17, 15) is 9.18 Å². The molecule has 1 heterocycles. The molecule has 0 saturated carbocycles. The SMILES string of the molecule is Cc1nc(CN(C)C(=O)c2ccc(F)cc2N)cs1. The van der Waals surface area contributed by atoms with Gasteiger partial charge in [0.1, 0.15) is 5.82 Å². The third-order valence-corrected chi connectivity index (χ3v) is 3.48. The van der Waals surface area contributed by atoms with E-state index >= 15 is 0 Å². The van der Waals surface area contributed by atoms with Gasteiger partial charge in [0, 0.05) is 18.1 Å². The van der Waals surface area contributed by atoms with Gasteiger partial charge >= 0.3 is 0 Å². The van der Waals surface area contributed by atoms with Crippen molar-refractivity contribution >= 4 is 22.9 Å². The third-order valence-electron chi connectivity index (χ3n) is 2.66. The maximum Gasteiger partial charge on any atom is 0.256 e. The molecule has 4 nitrogen and oxygen atoms in total. The van der Waals surface area contributed by atoms with E-state index in [2.05, 4.69) is 4.98 Å². The smallest absolute Gasteiger partial charge is 0.256 e. The van der Waals surface area contributed by atoms with Crippen LogP contribution in [0.15, 0.2) is 23.6 Å². The summed E-state index contributed by atoms with van der Waals surface area (Å²) in [5.41, 5.74) is 6.94. The molecule has 0 aliphatic carbocycles. The number of halogens is 1. The van der Waals surface area contributed by atoms with E-state index in [1.54, 1.807) is 7.05 Å². The molecule has 0 radical (unpaired) electrons. The number of carbonyl (C=O) groups excluding carboxylic acids is 1. The van der Waals surface area contributed by atoms with Crippen LogP contribution < -0.4 is 5.73 Å². The number of nitrogens with zero attached hydrogens (tertiary/aromatic N) is 2. The van der Waals surface area contributed by atoms with Crippen LogP contribution in [0.2, 0.25) is 0 Å². The van der Waals surface area contributed by atoms with Gasteiger partial charge in [-0.25, -0.2) is 9.37 Å². The second-order valence-corrected chi connectivity index (χ2v) is 5.31. The van der Waals surface area contributed by atoms with Gasteiger partial charge in [-0.2, -0.15) is 0 Å². The standard InChI is InChI=1S/C13H14FN3OS/c1-8-16-10(7-19-8)6-17(2)13(18)11-4-3-9(14)5-12(11)15/h3-5,7H,6,15H2,1-2H3. The van der Waals surface area contributed by atoms with E-state index in [1.165, 1.54) is 28.4 Å². The first-order valence-corrected chi connectivity index (χ1v) is 6.57. The minimum atomic E-state index is -0.452. The van der Waals surface area contributed by atoms with Crippen LogP contribution in [0.5, 0.6) is 0 Å². The predicted molar refractivity (Wildman–Crippen MR) is 73.5 cm³/mol. The van der Waals surface area contributed by atoms with Gasteiger partial charge < -0.3 is 10.6 Å². The summed E-state index contributed by atoms with van der Waals surface area (Å²) in [6.07, 6.45) is 0. The molecule has 0 aliphatic rings. The highest BCUT2D eigenvalue weighted by molar-refractivity contribution is 7.09. The molecule has 6 heteroatoms. The molecule has 0 fully saturated rings. The Hall–Kier alpha value is -1.95. The van der Waals surface area contributed by atoms with Gasteiger partial charge in [0.25, 0.3) is 5.91 Å². The Kier molecular flexibility index (Phi) is 3.80. The Balaban J connectivity index is 2.14. The Morgan fingerprint density at radius 2 is 2.26 bits per heavy atom. The molecule has 100 valence electrons. The monoisotopic (exact) mass is 279 g/mol. The number of rotatable bonds is 3. The van der Waals surface area contributed by atoms with Crippen LogP contribution in [0.4, 0.5) is 10.1 Å². The predicted octanol–water partition coefficient (Wildman–Crippen LogP) is 2.45. The number of aromatic nitrogens is 1. The molecule has 0 saturated heterocycles. The lowest BCUT2D eigenvalue weighted by Gasteiger charge is -2.17. The molecule has 0 bridgehead atoms. The van der Waals surface area contributed by atoms with Crippen molar-refractivity contribution in [3.8, 4) is 0 Å². The summed E-state index contributed by atoms with van der Waals surface area (Å²) < 4.78 is 12.9. The van der Waals surface area contributed by atoms with E-state index in [0.29, 0.717) is 12.1 Å². The van der Waals surface area contributed by atoms with Crippen LogP contribution in [0.25, 0.3) is 0 Å². The number of anilines is 1. The van der Waals surface area contributed by atoms with Crippen molar-refractivity contribution < 1.29 is 9.18 Å². The van der Waals surface area contributed by atoms with Crippen molar-refractivity contribution in [2.45, 2.75) is 13.5 Å². The van der Waals surface area contributed by atoms with Gasteiger partial charge in [0.05, 0.1) is 22.8 Å². The molecule has 19 heavy (non-hydrogen) atoms. The largest absolute Gasteiger partial charge is 0.398 e. The number of amides is 1. The van der Waals surface area contributed by atoms with Gasteiger partial charge in [-0.15, -0.1) is 11.3 Å². The second-order valence-electron chi connectivity index (χ2n) is 4.25. The fourth-order valence-electron chi connectivity index (χ4n) is 1.73. The summed E-state index contributed by atoms with van der Waals surface area (Å²) in [4.78, 5) is 18.0. The lowest BCUT2D eigenvalue weighted by atomic mass is 10.1. The highest BCUT2D eigenvalue weighted by Crippen LogP contribution is 2.17. The van der Waals surface area contributed by atoms with Crippen molar-refractivity contribution in [2.75, 3.05) is 12.8 Å². The quantitative estimate of drug-likeness (QED) is 0.878. The van der Waals surface area contributed by atoms with Gasteiger partial charge in [-0.1, -0.05) is 0 Å². The number of benzene rings is 1. The van der Waals surface area contributed by atoms with E-state index in [0.717, 1.165) is 16.8 Å². The number of carbonyl (C=O) groups is 1. The summed E-state index contributed by atoms with van der Waals surface area (Å²) >= 11 is 1.54. The minimum Gasteiger partial charge on any atom is -0.398 e. The van der Waals surface area contributed by atoms with Crippen LogP contribution in [0.1, 0.15) is 21.1 Å². The van der Waals surface area contributed by atoms with Crippen LogP contribution in [0, 0.1) is 12.7 Å². The highest BCUT2D eigenvalue weighted by Gasteiger charge is 2.16. The molecule has 1 amide bonds. The molecule has 1 aromatic heterocycles. The maximum atomic E-state index is 12.9. The topological polar surface area (TPSA) is 59.2 Å². The van der Waals surface area contributed by atoms with Crippen molar-refractivity contribution in [2.24, 2.45) is 0 Å². The van der Waals surface area contributed by atoms with Crippen molar-refractivity contribution in [1.29, 1.82) is 0 Å². The zero-order valence-corrected chi connectivity index (χ0v) is 11.5. The van der Waals surface area contributed by atoms with E-state index in [1.807, 2.05) is 12.3 Å². The molecular weight excluding hydrogens is 265 g/mol. The lowest BCUT2D eigenvalue weighted by Crippen LogP contribution is -2.27. The van der Waals surface area contributed by atoms with Crippen LogP contribution in [0.3, 0.4) is 0 Å². The first-order chi connectivity index (χ1) is 8.97. The summed E-state index contributed by atoms with van der Waals surface area (Å²) in [7, 11) is 1.67. The van der Waals surface area contributed by atoms with Gasteiger partial charge in [-0.05, 0) is 25.1 Å². The maximum absolute atomic E-state index is 12.9. The molecular formula is C13H14FN3OS. The van der Waals surface area contributed by atoms with Crippen molar-refractivity contribution in [3.05, 3.63) is 45.7 Å². The molecule has 2 N–H and O–H groups in total. The van der Waals surface area contributed by atoms with Crippen molar-refractivity contribution in [3.63, 3.8) is 0 Å². The summed E-state index contributed by atoms with van der Waals surface area (Å²) in [6, 6.07) is 3.77. The third kappa shape index (κ3) is 3.08. The Bertz CT molecular complexity index is 612. The lowest BCUT2D eigenvalue weighted by molar-refractivity contribution is 0.0784. The van der Waals surface area contributed by atoms with Crippen LogP contribution in [-0.4, -0.2) is 22.8 Å². The molecule has 1 aromatic carbocycles. The molecule has 2 rings (SSSR count). The van der Waals surface area contributed by atoms with Gasteiger partial charge in [-0.3, -0.25) is 4.79 Å². The van der Waals surface area contributed by atoms with Crippen molar-refractivity contribution in [1.82, 2.24) is 9.88 Å². The first-order valence-electron chi connectivity index (χ1n) is 5.69. The number of nitrogen functional groups attached to an aromatic ring is 1. The average Bonchev–Trinajstić information content (AvgIpc) is 2.74. The Morgan fingerprint density at radius 1 is 1.53 bits per heavy atom. The second kappa shape index (κ2) is 5.36. The summed E-state index contributed by atoms with van der Waals surface area (Å²) in [5.74, 6) is -0.699. The summed E-state index contributed by atoms with van der Waals surface area (Å²) in [6.45, 7) is 2.31. The Morgan fingerprint density at radius 3 is 2.84 bits per heavy atom. The van der Waals surface area contributed by atoms with E-state index < -0.39 is 5.82 Å².